The van der Waals surface area contributed by atoms with E-state index in [0.29, 0.717) is 12.3 Å². The molecule has 0 aliphatic carbocycles. The van der Waals surface area contributed by atoms with Crippen LogP contribution in [-0.4, -0.2) is 79.9 Å². The van der Waals surface area contributed by atoms with Crippen molar-refractivity contribution in [3.8, 4) is 0 Å². The van der Waals surface area contributed by atoms with Crippen LogP contribution in [0.3, 0.4) is 0 Å². The fraction of sp³-hybridized carbons (Fsp3) is 0.600. The number of piperidine rings is 1. The van der Waals surface area contributed by atoms with Crippen molar-refractivity contribution >= 4 is 17.5 Å². The second-order valence-electron chi connectivity index (χ2n) is 7.42. The molecule has 1 N–H and O–H groups in total. The molecule has 2 amide bonds. The molecular weight excluding hydrogens is 328 g/mol. The Bertz CT molecular complexity index is 632. The van der Waals surface area contributed by atoms with Crippen LogP contribution in [0, 0.1) is 5.92 Å². The van der Waals surface area contributed by atoms with Crippen LogP contribution in [0.2, 0.25) is 0 Å². The summed E-state index contributed by atoms with van der Waals surface area (Å²) < 4.78 is 0. The van der Waals surface area contributed by atoms with E-state index in [1.165, 1.54) is 0 Å². The van der Waals surface area contributed by atoms with Gasteiger partial charge in [0, 0.05) is 58.4 Å². The van der Waals surface area contributed by atoms with Crippen LogP contribution >= 0.6 is 0 Å². The zero-order valence-corrected chi connectivity index (χ0v) is 15.9. The van der Waals surface area contributed by atoms with E-state index in [2.05, 4.69) is 17.3 Å². The van der Waals surface area contributed by atoms with E-state index >= 15 is 0 Å². The number of hydrogen-bond acceptors (Lipinski definition) is 4. The van der Waals surface area contributed by atoms with Crippen LogP contribution < -0.4 is 5.32 Å². The summed E-state index contributed by atoms with van der Waals surface area (Å²) in [6.07, 6.45) is 2.44. The normalized spacial score (nSPS) is 19.5. The molecule has 0 bridgehead atoms. The fourth-order valence-corrected chi connectivity index (χ4v) is 3.83. The van der Waals surface area contributed by atoms with Crippen LogP contribution in [0.5, 0.6) is 0 Å². The fourth-order valence-electron chi connectivity index (χ4n) is 3.83. The van der Waals surface area contributed by atoms with E-state index in [0.717, 1.165) is 63.4 Å². The van der Waals surface area contributed by atoms with Crippen molar-refractivity contribution in [1.82, 2.24) is 14.7 Å². The van der Waals surface area contributed by atoms with Crippen molar-refractivity contribution in [1.29, 1.82) is 0 Å². The van der Waals surface area contributed by atoms with Gasteiger partial charge in [0.2, 0.25) is 5.91 Å². The van der Waals surface area contributed by atoms with Gasteiger partial charge in [-0.15, -0.1) is 0 Å². The Hall–Kier alpha value is -2.08. The number of benzene rings is 1. The Morgan fingerprint density at radius 1 is 1.00 bits per heavy atom. The summed E-state index contributed by atoms with van der Waals surface area (Å²) in [4.78, 5) is 31.5. The van der Waals surface area contributed by atoms with Gasteiger partial charge in [-0.25, -0.2) is 0 Å². The Balaban J connectivity index is 1.49. The first kappa shape index (κ1) is 18.7. The Labute approximate surface area is 156 Å². The van der Waals surface area contributed by atoms with Crippen LogP contribution in [0.25, 0.3) is 0 Å². The van der Waals surface area contributed by atoms with Crippen LogP contribution in [0.1, 0.15) is 29.6 Å². The maximum absolute atomic E-state index is 12.8. The molecule has 6 heteroatoms. The summed E-state index contributed by atoms with van der Waals surface area (Å²) in [5, 5.41) is 3.09. The lowest BCUT2D eigenvalue weighted by atomic mass is 9.92. The van der Waals surface area contributed by atoms with Gasteiger partial charge in [-0.3, -0.25) is 9.59 Å². The molecule has 3 rings (SSSR count). The second kappa shape index (κ2) is 8.54. The number of nitrogens with one attached hydrogen (secondary N) is 1. The summed E-state index contributed by atoms with van der Waals surface area (Å²) in [5.74, 6) is 0.757. The summed E-state index contributed by atoms with van der Waals surface area (Å²) in [6, 6.07) is 7.63. The SMILES string of the molecule is CNc1ccccc1C(=O)N1CCC(CC(=O)N2CCN(C)CC2)CC1. The molecule has 1 aromatic carbocycles. The maximum atomic E-state index is 12.8. The molecule has 0 radical (unpaired) electrons. The lowest BCUT2D eigenvalue weighted by Crippen LogP contribution is -2.48. The first-order chi connectivity index (χ1) is 12.6. The zero-order valence-electron chi connectivity index (χ0n) is 15.9. The minimum Gasteiger partial charge on any atom is -0.387 e. The molecule has 2 aliphatic heterocycles. The standard InChI is InChI=1S/C20H30N4O2/c1-21-18-6-4-3-5-17(18)20(26)24-9-7-16(8-10-24)15-19(25)23-13-11-22(2)12-14-23/h3-6,16,21H,7-15H2,1-2H3. The molecular formula is C20H30N4O2. The summed E-state index contributed by atoms with van der Waals surface area (Å²) in [6.45, 7) is 5.07. The predicted molar refractivity (Wildman–Crippen MR) is 103 cm³/mol. The summed E-state index contributed by atoms with van der Waals surface area (Å²) in [5.41, 5.74) is 1.59. The van der Waals surface area contributed by atoms with Crippen LogP contribution in [-0.2, 0) is 4.79 Å². The van der Waals surface area contributed by atoms with Crippen LogP contribution in [0.15, 0.2) is 24.3 Å². The van der Waals surface area contributed by atoms with E-state index in [1.807, 2.05) is 41.1 Å². The quantitative estimate of drug-likeness (QED) is 0.891. The Morgan fingerprint density at radius 2 is 1.65 bits per heavy atom. The van der Waals surface area contributed by atoms with Crippen molar-refractivity contribution in [3.63, 3.8) is 0 Å². The summed E-state index contributed by atoms with van der Waals surface area (Å²) in [7, 11) is 3.93. The third kappa shape index (κ3) is 4.36. The Kier molecular flexibility index (Phi) is 6.14. The number of carbonyl (C=O) groups is 2. The molecule has 0 spiro atoms. The highest BCUT2D eigenvalue weighted by molar-refractivity contribution is 5.99. The van der Waals surface area contributed by atoms with Crippen molar-refractivity contribution in [2.75, 3.05) is 58.7 Å². The van der Waals surface area contributed by atoms with E-state index in [1.54, 1.807) is 0 Å². The number of carbonyl (C=O) groups excluding carboxylic acids is 2. The van der Waals surface area contributed by atoms with Crippen molar-refractivity contribution < 1.29 is 9.59 Å². The van der Waals surface area contributed by atoms with Gasteiger partial charge in [-0.1, -0.05) is 12.1 Å². The van der Waals surface area contributed by atoms with Crippen molar-refractivity contribution in [3.05, 3.63) is 29.8 Å². The van der Waals surface area contributed by atoms with Gasteiger partial charge in [0.05, 0.1) is 5.56 Å². The molecule has 2 heterocycles. The second-order valence-corrected chi connectivity index (χ2v) is 7.42. The van der Waals surface area contributed by atoms with E-state index in [4.69, 9.17) is 0 Å². The number of anilines is 1. The Morgan fingerprint density at radius 3 is 2.31 bits per heavy atom. The molecule has 0 aromatic heterocycles. The molecule has 6 nitrogen and oxygen atoms in total. The molecule has 1 aromatic rings. The summed E-state index contributed by atoms with van der Waals surface area (Å²) >= 11 is 0. The van der Waals surface area contributed by atoms with Gasteiger partial charge in [0.15, 0.2) is 0 Å². The zero-order chi connectivity index (χ0) is 18.5. The van der Waals surface area contributed by atoms with Gasteiger partial charge in [0.1, 0.15) is 0 Å². The highest BCUT2D eigenvalue weighted by Gasteiger charge is 2.28. The number of rotatable bonds is 4. The highest BCUT2D eigenvalue weighted by atomic mass is 16.2. The monoisotopic (exact) mass is 358 g/mol. The average molecular weight is 358 g/mol. The first-order valence-corrected chi connectivity index (χ1v) is 9.61. The van der Waals surface area contributed by atoms with E-state index < -0.39 is 0 Å². The first-order valence-electron chi connectivity index (χ1n) is 9.61. The van der Waals surface area contributed by atoms with E-state index in [9.17, 15) is 9.59 Å². The third-order valence-corrected chi connectivity index (χ3v) is 5.65. The van der Waals surface area contributed by atoms with E-state index in [-0.39, 0.29) is 11.8 Å². The van der Waals surface area contributed by atoms with Gasteiger partial charge in [-0.2, -0.15) is 0 Å². The average Bonchev–Trinajstić information content (AvgIpc) is 2.68. The maximum Gasteiger partial charge on any atom is 0.255 e. The lowest BCUT2D eigenvalue weighted by Gasteiger charge is -2.35. The van der Waals surface area contributed by atoms with Gasteiger partial charge < -0.3 is 20.0 Å². The molecule has 26 heavy (non-hydrogen) atoms. The molecule has 142 valence electrons. The number of likely N-dealkylation sites (tertiary alicyclic amines) is 1. The highest BCUT2D eigenvalue weighted by Crippen LogP contribution is 2.24. The van der Waals surface area contributed by atoms with Crippen molar-refractivity contribution in [2.45, 2.75) is 19.3 Å². The number of piperazine rings is 1. The smallest absolute Gasteiger partial charge is 0.255 e. The molecule has 0 unspecified atom stereocenters. The number of amides is 2. The van der Waals surface area contributed by atoms with Gasteiger partial charge >= 0.3 is 0 Å². The molecule has 0 atom stereocenters. The number of para-hydroxylation sites is 1. The minimum absolute atomic E-state index is 0.0822. The molecule has 2 saturated heterocycles. The number of nitrogens with zero attached hydrogens (tertiary/aromatic N) is 3. The number of hydrogen-bond donors (Lipinski definition) is 1. The molecule has 0 saturated carbocycles. The van der Waals surface area contributed by atoms with Crippen LogP contribution in [0.4, 0.5) is 5.69 Å². The third-order valence-electron chi connectivity index (χ3n) is 5.65. The van der Waals surface area contributed by atoms with Gasteiger partial charge in [-0.05, 0) is 37.9 Å². The van der Waals surface area contributed by atoms with Gasteiger partial charge in [0.25, 0.3) is 5.91 Å². The minimum atomic E-state index is 0.0822. The largest absolute Gasteiger partial charge is 0.387 e. The molecule has 2 aliphatic rings. The van der Waals surface area contributed by atoms with Crippen molar-refractivity contribution in [2.24, 2.45) is 5.92 Å². The lowest BCUT2D eigenvalue weighted by molar-refractivity contribution is -0.134. The predicted octanol–water partition coefficient (Wildman–Crippen LogP) is 1.74. The number of likely N-dealkylation sites (N-methyl/N-ethyl adjacent to an activating group) is 1. The molecule has 2 fully saturated rings. The topological polar surface area (TPSA) is 55.9 Å².